The smallest absolute Gasteiger partial charge is 0.416 e. The molecule has 0 saturated carbocycles. The van der Waals surface area contributed by atoms with Gasteiger partial charge in [0.2, 0.25) is 0 Å². The predicted octanol–water partition coefficient (Wildman–Crippen LogP) is 0.393. The summed E-state index contributed by atoms with van der Waals surface area (Å²) in [5.74, 6) is -1.46. The predicted molar refractivity (Wildman–Crippen MR) is 38.0 cm³/mol. The van der Waals surface area contributed by atoms with Crippen LogP contribution in [0.2, 0.25) is 0 Å². The number of pyridine rings is 1. The van der Waals surface area contributed by atoms with Gasteiger partial charge in [-0.1, -0.05) is 0 Å². The van der Waals surface area contributed by atoms with Gasteiger partial charge in [-0.3, -0.25) is 4.98 Å². The van der Waals surface area contributed by atoms with E-state index in [0.717, 1.165) is 12.3 Å². The number of alkyl halides is 3. The Hall–Kier alpha value is -1.59. The third kappa shape index (κ3) is 2.72. The lowest BCUT2D eigenvalue weighted by Gasteiger charge is -2.07. The first-order valence-electron chi connectivity index (χ1n) is 3.61. The maximum Gasteiger partial charge on any atom is 0.416 e. The van der Waals surface area contributed by atoms with Crippen LogP contribution in [0.25, 0.3) is 0 Å². The molecule has 0 spiro atoms. The van der Waals surface area contributed by atoms with Gasteiger partial charge in [-0.25, -0.2) is 0 Å². The molecule has 1 aromatic heterocycles. The molecule has 6 heteroatoms. The van der Waals surface area contributed by atoms with Crippen LogP contribution in [0.3, 0.4) is 0 Å². The standard InChI is InChI=1S/C8H6F3NO2/c9-8(10,11)5-1-2-12-6(3-5)4-7(13)14/h1-3H,4H2,(H,13,14)/p-1. The van der Waals surface area contributed by atoms with E-state index in [1.54, 1.807) is 0 Å². The number of carboxylic acids is 1. The second kappa shape index (κ2) is 3.65. The minimum Gasteiger partial charge on any atom is -0.550 e. The van der Waals surface area contributed by atoms with Crippen molar-refractivity contribution in [3.8, 4) is 0 Å². The Kier molecular flexibility index (Phi) is 2.73. The van der Waals surface area contributed by atoms with Gasteiger partial charge in [-0.2, -0.15) is 13.2 Å². The summed E-state index contributed by atoms with van der Waals surface area (Å²) in [6.07, 6.45) is -4.19. The number of hydrogen-bond donors (Lipinski definition) is 0. The number of carbonyl (C=O) groups excluding carboxylic acids is 1. The Bertz CT molecular complexity index is 349. The maximum absolute atomic E-state index is 12.1. The quantitative estimate of drug-likeness (QED) is 0.700. The van der Waals surface area contributed by atoms with Crippen molar-refractivity contribution in [3.05, 3.63) is 29.6 Å². The molecule has 0 radical (unpaired) electrons. The molecule has 14 heavy (non-hydrogen) atoms. The molecular formula is C8H5F3NO2-. The summed E-state index contributed by atoms with van der Waals surface area (Å²) in [6.45, 7) is 0. The van der Waals surface area contributed by atoms with E-state index in [2.05, 4.69) is 4.98 Å². The highest BCUT2D eigenvalue weighted by Gasteiger charge is 2.30. The third-order valence-corrected chi connectivity index (χ3v) is 1.47. The Balaban J connectivity index is 2.95. The molecule has 0 N–H and O–H groups in total. The lowest BCUT2D eigenvalue weighted by molar-refractivity contribution is -0.304. The van der Waals surface area contributed by atoms with E-state index in [1.165, 1.54) is 0 Å². The fourth-order valence-corrected chi connectivity index (χ4v) is 0.899. The Morgan fingerprint density at radius 3 is 2.64 bits per heavy atom. The highest BCUT2D eigenvalue weighted by atomic mass is 19.4. The SMILES string of the molecule is O=C([O-])Cc1cc(C(F)(F)F)ccn1. The Morgan fingerprint density at radius 1 is 1.50 bits per heavy atom. The summed E-state index contributed by atoms with van der Waals surface area (Å²) in [5.41, 5.74) is -1.08. The topological polar surface area (TPSA) is 53.0 Å². The first-order valence-corrected chi connectivity index (χ1v) is 3.61. The van der Waals surface area contributed by atoms with E-state index in [0.29, 0.717) is 6.07 Å². The van der Waals surface area contributed by atoms with Crippen molar-refractivity contribution in [3.63, 3.8) is 0 Å². The Morgan fingerprint density at radius 2 is 2.14 bits per heavy atom. The molecule has 0 bridgehead atoms. The van der Waals surface area contributed by atoms with Gasteiger partial charge in [0.05, 0.1) is 5.56 Å². The van der Waals surface area contributed by atoms with Gasteiger partial charge in [0.1, 0.15) is 0 Å². The lowest BCUT2D eigenvalue weighted by Crippen LogP contribution is -2.25. The summed E-state index contributed by atoms with van der Waals surface area (Å²) in [5, 5.41) is 10.1. The van der Waals surface area contributed by atoms with Crippen molar-refractivity contribution in [1.82, 2.24) is 4.98 Å². The number of rotatable bonds is 2. The zero-order valence-electron chi connectivity index (χ0n) is 6.84. The van der Waals surface area contributed by atoms with E-state index in [-0.39, 0.29) is 5.69 Å². The molecule has 3 nitrogen and oxygen atoms in total. The first kappa shape index (κ1) is 10.5. The van der Waals surface area contributed by atoms with Gasteiger partial charge in [0.15, 0.2) is 0 Å². The van der Waals surface area contributed by atoms with Crippen LogP contribution in [0, 0.1) is 0 Å². The number of aliphatic carboxylic acids is 1. The van der Waals surface area contributed by atoms with E-state index >= 15 is 0 Å². The molecule has 0 unspecified atom stereocenters. The molecule has 1 rings (SSSR count). The van der Waals surface area contributed by atoms with Crippen molar-refractivity contribution < 1.29 is 23.1 Å². The lowest BCUT2D eigenvalue weighted by atomic mass is 10.2. The maximum atomic E-state index is 12.1. The largest absolute Gasteiger partial charge is 0.550 e. The van der Waals surface area contributed by atoms with Crippen LogP contribution in [-0.4, -0.2) is 11.0 Å². The van der Waals surface area contributed by atoms with Gasteiger partial charge < -0.3 is 9.90 Å². The normalized spacial score (nSPS) is 11.4. The monoisotopic (exact) mass is 204 g/mol. The molecule has 0 aromatic carbocycles. The van der Waals surface area contributed by atoms with E-state index < -0.39 is 24.1 Å². The zero-order chi connectivity index (χ0) is 10.8. The highest BCUT2D eigenvalue weighted by Crippen LogP contribution is 2.28. The second-order valence-corrected chi connectivity index (χ2v) is 2.58. The minimum absolute atomic E-state index is 0.167. The molecule has 0 atom stereocenters. The molecule has 0 aliphatic rings. The molecule has 1 heterocycles. The van der Waals surface area contributed by atoms with Gasteiger partial charge >= 0.3 is 6.18 Å². The van der Waals surface area contributed by atoms with E-state index in [4.69, 9.17) is 0 Å². The van der Waals surface area contributed by atoms with Crippen LogP contribution in [0.15, 0.2) is 18.3 Å². The average molecular weight is 204 g/mol. The number of aromatic nitrogens is 1. The molecule has 76 valence electrons. The van der Waals surface area contributed by atoms with Crippen LogP contribution < -0.4 is 5.11 Å². The zero-order valence-corrected chi connectivity index (χ0v) is 6.84. The molecule has 0 aliphatic carbocycles. The van der Waals surface area contributed by atoms with Crippen LogP contribution in [0.5, 0.6) is 0 Å². The molecule has 0 amide bonds. The first-order chi connectivity index (χ1) is 6.39. The average Bonchev–Trinajstić information content (AvgIpc) is 2.01. The minimum atomic E-state index is -4.48. The third-order valence-electron chi connectivity index (χ3n) is 1.47. The fourth-order valence-electron chi connectivity index (χ4n) is 0.899. The van der Waals surface area contributed by atoms with Crippen LogP contribution in [0.4, 0.5) is 13.2 Å². The van der Waals surface area contributed by atoms with Gasteiger partial charge in [0.25, 0.3) is 0 Å². The van der Waals surface area contributed by atoms with Crippen molar-refractivity contribution in [2.45, 2.75) is 12.6 Å². The summed E-state index contributed by atoms with van der Waals surface area (Å²) in [6, 6.07) is 1.47. The van der Waals surface area contributed by atoms with Crippen molar-refractivity contribution in [2.24, 2.45) is 0 Å². The molecule has 1 aromatic rings. The molecule has 0 fully saturated rings. The Labute approximate surface area is 77.2 Å². The fraction of sp³-hybridized carbons (Fsp3) is 0.250. The highest BCUT2D eigenvalue weighted by molar-refractivity contribution is 5.67. The number of carbonyl (C=O) groups is 1. The van der Waals surface area contributed by atoms with E-state index in [1.807, 2.05) is 0 Å². The summed E-state index contributed by atoms with van der Waals surface area (Å²) >= 11 is 0. The van der Waals surface area contributed by atoms with Gasteiger partial charge in [0, 0.05) is 24.3 Å². The number of nitrogens with zero attached hydrogens (tertiary/aromatic N) is 1. The van der Waals surface area contributed by atoms with Crippen LogP contribution in [-0.2, 0) is 17.4 Å². The van der Waals surface area contributed by atoms with Gasteiger partial charge in [-0.15, -0.1) is 0 Å². The van der Waals surface area contributed by atoms with Crippen molar-refractivity contribution >= 4 is 5.97 Å². The van der Waals surface area contributed by atoms with Crippen LogP contribution >= 0.6 is 0 Å². The second-order valence-electron chi connectivity index (χ2n) is 2.58. The number of halogens is 3. The van der Waals surface area contributed by atoms with Crippen molar-refractivity contribution in [1.29, 1.82) is 0 Å². The summed E-state index contributed by atoms with van der Waals surface area (Å²) < 4.78 is 36.3. The van der Waals surface area contributed by atoms with Crippen molar-refractivity contribution in [2.75, 3.05) is 0 Å². The summed E-state index contributed by atoms with van der Waals surface area (Å²) in [4.78, 5) is 13.6. The molecule has 0 aliphatic heterocycles. The van der Waals surface area contributed by atoms with E-state index in [9.17, 15) is 23.1 Å². The number of hydrogen-bond acceptors (Lipinski definition) is 3. The molecule has 0 saturated heterocycles. The summed E-state index contributed by atoms with van der Waals surface area (Å²) in [7, 11) is 0. The van der Waals surface area contributed by atoms with Crippen LogP contribution in [0.1, 0.15) is 11.3 Å². The molecular weight excluding hydrogens is 199 g/mol. The van der Waals surface area contributed by atoms with Gasteiger partial charge in [-0.05, 0) is 12.1 Å². The number of carboxylic acid groups (broad SMARTS) is 1.